The first-order valence-electron chi connectivity index (χ1n) is 8.19. The summed E-state index contributed by atoms with van der Waals surface area (Å²) in [6, 6.07) is 10.9. The van der Waals surface area contributed by atoms with Crippen molar-refractivity contribution in [2.75, 3.05) is 22.4 Å². The number of sulfonamides is 1. The number of anilines is 2. The van der Waals surface area contributed by atoms with Gasteiger partial charge in [0, 0.05) is 13.0 Å². The van der Waals surface area contributed by atoms with Crippen LogP contribution in [0.3, 0.4) is 0 Å². The molecule has 2 rings (SSSR count). The van der Waals surface area contributed by atoms with Crippen LogP contribution in [0.1, 0.15) is 23.1 Å². The first-order chi connectivity index (χ1) is 12.1. The lowest BCUT2D eigenvalue weighted by Crippen LogP contribution is -2.33. The van der Waals surface area contributed by atoms with Crippen LogP contribution in [0.15, 0.2) is 36.4 Å². The normalized spacial score (nSPS) is 11.3. The molecule has 0 spiro atoms. The van der Waals surface area contributed by atoms with Crippen molar-refractivity contribution in [3.05, 3.63) is 58.1 Å². The van der Waals surface area contributed by atoms with Gasteiger partial charge in [0.05, 0.1) is 22.7 Å². The van der Waals surface area contributed by atoms with E-state index in [0.29, 0.717) is 16.4 Å². The van der Waals surface area contributed by atoms with Gasteiger partial charge < -0.3 is 5.32 Å². The highest BCUT2D eigenvalue weighted by atomic mass is 35.5. The molecular formula is C19H23ClN2O3S. The van der Waals surface area contributed by atoms with Gasteiger partial charge in [0.15, 0.2) is 0 Å². The van der Waals surface area contributed by atoms with E-state index >= 15 is 0 Å². The van der Waals surface area contributed by atoms with E-state index in [2.05, 4.69) is 5.32 Å². The zero-order chi connectivity index (χ0) is 19.5. The molecule has 140 valence electrons. The Morgan fingerprint density at radius 1 is 1.12 bits per heavy atom. The summed E-state index contributed by atoms with van der Waals surface area (Å²) in [7, 11) is -3.50. The molecule has 0 atom stereocenters. The lowest BCUT2D eigenvalue weighted by atomic mass is 10.1. The maximum absolute atomic E-state index is 12.3. The van der Waals surface area contributed by atoms with Crippen molar-refractivity contribution in [2.45, 2.75) is 27.2 Å². The number of carbonyl (C=O) groups excluding carboxylic acids is 1. The van der Waals surface area contributed by atoms with Gasteiger partial charge in [-0.15, -0.1) is 0 Å². The Kier molecular flexibility index (Phi) is 6.31. The number of rotatable bonds is 6. The molecule has 1 amide bonds. The van der Waals surface area contributed by atoms with E-state index in [1.54, 1.807) is 24.3 Å². The summed E-state index contributed by atoms with van der Waals surface area (Å²) in [5.74, 6) is -0.292. The minimum atomic E-state index is -3.50. The van der Waals surface area contributed by atoms with Crippen molar-refractivity contribution in [2.24, 2.45) is 0 Å². The predicted octanol–water partition coefficient (Wildman–Crippen LogP) is 4.06. The van der Waals surface area contributed by atoms with Crippen LogP contribution in [0.5, 0.6) is 0 Å². The number of benzene rings is 2. The second-order valence-corrected chi connectivity index (χ2v) is 8.72. The molecule has 0 radical (unpaired) electrons. The molecule has 0 aliphatic heterocycles. The molecule has 0 heterocycles. The predicted molar refractivity (Wildman–Crippen MR) is 108 cm³/mol. The van der Waals surface area contributed by atoms with Crippen LogP contribution in [0.2, 0.25) is 5.02 Å². The molecule has 1 N–H and O–H groups in total. The zero-order valence-corrected chi connectivity index (χ0v) is 16.9. The van der Waals surface area contributed by atoms with Gasteiger partial charge in [-0.1, -0.05) is 29.8 Å². The van der Waals surface area contributed by atoms with Crippen LogP contribution in [0, 0.1) is 20.8 Å². The largest absolute Gasteiger partial charge is 0.324 e. The van der Waals surface area contributed by atoms with Crippen molar-refractivity contribution in [3.63, 3.8) is 0 Å². The molecule has 2 aromatic carbocycles. The van der Waals surface area contributed by atoms with Crippen molar-refractivity contribution in [1.29, 1.82) is 0 Å². The van der Waals surface area contributed by atoms with Crippen LogP contribution in [-0.4, -0.2) is 27.1 Å². The zero-order valence-electron chi connectivity index (χ0n) is 15.3. The highest BCUT2D eigenvalue weighted by Crippen LogP contribution is 2.27. The van der Waals surface area contributed by atoms with Gasteiger partial charge >= 0.3 is 0 Å². The van der Waals surface area contributed by atoms with Gasteiger partial charge in [-0.3, -0.25) is 9.10 Å². The molecule has 7 heteroatoms. The van der Waals surface area contributed by atoms with Crippen LogP contribution in [0.4, 0.5) is 11.4 Å². The number of aryl methyl sites for hydroxylation is 3. The smallest absolute Gasteiger partial charge is 0.232 e. The molecule has 0 saturated heterocycles. The summed E-state index contributed by atoms with van der Waals surface area (Å²) in [6.45, 7) is 5.73. The molecule has 0 fully saturated rings. The van der Waals surface area contributed by atoms with Gasteiger partial charge in [0.25, 0.3) is 0 Å². The summed E-state index contributed by atoms with van der Waals surface area (Å²) in [5.41, 5.74) is 3.92. The van der Waals surface area contributed by atoms with Gasteiger partial charge in [-0.2, -0.15) is 0 Å². The number of hydrogen-bond donors (Lipinski definition) is 1. The van der Waals surface area contributed by atoms with Gasteiger partial charge in [-0.05, 0) is 55.7 Å². The maximum atomic E-state index is 12.3. The van der Waals surface area contributed by atoms with E-state index in [1.807, 2.05) is 32.9 Å². The van der Waals surface area contributed by atoms with E-state index < -0.39 is 10.0 Å². The van der Waals surface area contributed by atoms with E-state index in [1.165, 1.54) is 4.31 Å². The van der Waals surface area contributed by atoms with Crippen LogP contribution in [0.25, 0.3) is 0 Å². The molecule has 0 aliphatic rings. The molecular weight excluding hydrogens is 372 g/mol. The quantitative estimate of drug-likeness (QED) is 0.803. The number of amides is 1. The van der Waals surface area contributed by atoms with Gasteiger partial charge in [0.2, 0.25) is 15.9 Å². The van der Waals surface area contributed by atoms with E-state index in [4.69, 9.17) is 11.6 Å². The summed E-state index contributed by atoms with van der Waals surface area (Å²) < 4.78 is 25.5. The fourth-order valence-corrected chi connectivity index (χ4v) is 4.04. The molecule has 2 aromatic rings. The molecule has 0 saturated carbocycles. The lowest BCUT2D eigenvalue weighted by molar-refractivity contribution is -0.116. The Morgan fingerprint density at radius 2 is 1.81 bits per heavy atom. The Hall–Kier alpha value is -2.05. The molecule has 0 aliphatic carbocycles. The minimum absolute atomic E-state index is 0.0185. The number of nitrogens with zero attached hydrogens (tertiary/aromatic N) is 1. The number of nitrogens with one attached hydrogen (secondary N) is 1. The van der Waals surface area contributed by atoms with Crippen LogP contribution >= 0.6 is 11.6 Å². The lowest BCUT2D eigenvalue weighted by Gasteiger charge is -2.22. The van der Waals surface area contributed by atoms with Crippen molar-refractivity contribution in [1.82, 2.24) is 0 Å². The molecule has 5 nitrogen and oxygen atoms in total. The number of carbonyl (C=O) groups is 1. The fraction of sp³-hybridized carbons (Fsp3) is 0.316. The Morgan fingerprint density at radius 3 is 2.38 bits per heavy atom. The maximum Gasteiger partial charge on any atom is 0.232 e. The van der Waals surface area contributed by atoms with Crippen LogP contribution in [-0.2, 0) is 14.8 Å². The summed E-state index contributed by atoms with van der Waals surface area (Å²) in [6.07, 6.45) is 1.15. The third-order valence-electron chi connectivity index (χ3n) is 3.93. The van der Waals surface area contributed by atoms with E-state index in [-0.39, 0.29) is 18.9 Å². The average molecular weight is 395 g/mol. The average Bonchev–Trinajstić information content (AvgIpc) is 2.50. The first-order valence-corrected chi connectivity index (χ1v) is 10.4. The minimum Gasteiger partial charge on any atom is -0.324 e. The Bertz CT molecular complexity index is 903. The van der Waals surface area contributed by atoms with Crippen molar-refractivity contribution in [3.8, 4) is 0 Å². The van der Waals surface area contributed by atoms with Crippen molar-refractivity contribution < 1.29 is 13.2 Å². The van der Waals surface area contributed by atoms with E-state index in [0.717, 1.165) is 22.9 Å². The molecule has 26 heavy (non-hydrogen) atoms. The number of hydrogen-bond acceptors (Lipinski definition) is 3. The topological polar surface area (TPSA) is 66.5 Å². The Labute approximate surface area is 160 Å². The number of halogens is 1. The first kappa shape index (κ1) is 20.3. The molecule has 0 aromatic heterocycles. The van der Waals surface area contributed by atoms with Gasteiger partial charge in [0.1, 0.15) is 0 Å². The summed E-state index contributed by atoms with van der Waals surface area (Å²) >= 11 is 6.21. The second kappa shape index (κ2) is 8.10. The standard InChI is InChI=1S/C19H23ClN2O3S/c1-13-6-5-7-16(11-13)22(26(4,24)25)9-8-18(23)21-19-15(3)10-14(2)12-17(19)20/h5-7,10-12H,8-9H2,1-4H3,(H,21,23). The van der Waals surface area contributed by atoms with Crippen molar-refractivity contribution >= 4 is 38.9 Å². The summed E-state index contributed by atoms with van der Waals surface area (Å²) in [4.78, 5) is 12.3. The monoisotopic (exact) mass is 394 g/mol. The van der Waals surface area contributed by atoms with E-state index in [9.17, 15) is 13.2 Å². The third kappa shape index (κ3) is 5.22. The third-order valence-corrected chi connectivity index (χ3v) is 5.42. The van der Waals surface area contributed by atoms with Crippen LogP contribution < -0.4 is 9.62 Å². The fourth-order valence-electron chi connectivity index (χ4n) is 2.75. The summed E-state index contributed by atoms with van der Waals surface area (Å²) in [5, 5.41) is 3.25. The van der Waals surface area contributed by atoms with Gasteiger partial charge in [-0.25, -0.2) is 8.42 Å². The highest BCUT2D eigenvalue weighted by Gasteiger charge is 2.19. The molecule has 0 unspecified atom stereocenters. The molecule has 0 bridgehead atoms. The highest BCUT2D eigenvalue weighted by molar-refractivity contribution is 7.92. The Balaban J connectivity index is 2.13. The second-order valence-electron chi connectivity index (χ2n) is 6.41. The SMILES string of the molecule is Cc1cccc(N(CCC(=O)Nc2c(C)cc(C)cc2Cl)S(C)(=O)=O)c1.